The van der Waals surface area contributed by atoms with Crippen molar-refractivity contribution in [3.63, 3.8) is 0 Å². The maximum absolute atomic E-state index is 4.41. The summed E-state index contributed by atoms with van der Waals surface area (Å²) in [6, 6.07) is 2.88. The van der Waals surface area contributed by atoms with Crippen LogP contribution in [0.25, 0.3) is 0 Å². The molecule has 2 aliphatic heterocycles. The third kappa shape index (κ3) is 2.80. The van der Waals surface area contributed by atoms with Crippen molar-refractivity contribution < 1.29 is 0 Å². The number of aromatic nitrogens is 2. The summed E-state index contributed by atoms with van der Waals surface area (Å²) in [5, 5.41) is 3.54. The van der Waals surface area contributed by atoms with E-state index in [0.717, 1.165) is 25.3 Å². The summed E-state index contributed by atoms with van der Waals surface area (Å²) in [7, 11) is 0. The van der Waals surface area contributed by atoms with Crippen molar-refractivity contribution in [2.45, 2.75) is 44.6 Å². The molecule has 1 N–H and O–H groups in total. The molecule has 4 heteroatoms. The van der Waals surface area contributed by atoms with Gasteiger partial charge in [0.1, 0.15) is 12.1 Å². The Morgan fingerprint density at radius 3 is 2.89 bits per heavy atom. The fourth-order valence-electron chi connectivity index (χ4n) is 2.97. The van der Waals surface area contributed by atoms with Gasteiger partial charge in [-0.25, -0.2) is 9.97 Å². The first-order valence-electron chi connectivity index (χ1n) is 7.21. The largest absolute Gasteiger partial charge is 0.357 e. The molecule has 0 radical (unpaired) electrons. The standard InChI is InChI=1S/C14H22N4/c1-2-9-18(8-1)14-10-13(16-11-17-14)6-5-12-4-3-7-15-12/h10-12,15H,1-9H2. The second-order valence-electron chi connectivity index (χ2n) is 5.39. The Morgan fingerprint density at radius 2 is 2.11 bits per heavy atom. The minimum Gasteiger partial charge on any atom is -0.357 e. The van der Waals surface area contributed by atoms with Crippen molar-refractivity contribution in [3.05, 3.63) is 18.1 Å². The third-order valence-corrected chi connectivity index (χ3v) is 4.05. The second kappa shape index (κ2) is 5.65. The van der Waals surface area contributed by atoms with Crippen LogP contribution in [0.15, 0.2) is 12.4 Å². The highest BCUT2D eigenvalue weighted by atomic mass is 15.2. The Balaban J connectivity index is 1.59. The van der Waals surface area contributed by atoms with Crippen LogP contribution < -0.4 is 10.2 Å². The topological polar surface area (TPSA) is 41.1 Å². The van der Waals surface area contributed by atoms with Crippen LogP contribution in [0.4, 0.5) is 5.82 Å². The summed E-state index contributed by atoms with van der Waals surface area (Å²) in [6.45, 7) is 3.49. The molecule has 0 saturated carbocycles. The van der Waals surface area contributed by atoms with Gasteiger partial charge in [0.25, 0.3) is 0 Å². The maximum atomic E-state index is 4.41. The molecule has 1 unspecified atom stereocenters. The molecule has 18 heavy (non-hydrogen) atoms. The van der Waals surface area contributed by atoms with E-state index in [4.69, 9.17) is 0 Å². The predicted octanol–water partition coefficient (Wildman–Crippen LogP) is 1.76. The highest BCUT2D eigenvalue weighted by Gasteiger charge is 2.16. The van der Waals surface area contributed by atoms with Gasteiger partial charge in [-0.05, 0) is 45.1 Å². The lowest BCUT2D eigenvalue weighted by atomic mass is 10.1. The zero-order chi connectivity index (χ0) is 12.2. The van der Waals surface area contributed by atoms with E-state index in [-0.39, 0.29) is 0 Å². The molecule has 2 aliphatic rings. The first-order chi connectivity index (χ1) is 8.92. The van der Waals surface area contributed by atoms with Crippen molar-refractivity contribution in [1.82, 2.24) is 15.3 Å². The lowest BCUT2D eigenvalue weighted by Gasteiger charge is -2.16. The van der Waals surface area contributed by atoms with Gasteiger partial charge in [0.15, 0.2) is 0 Å². The van der Waals surface area contributed by atoms with Crippen LogP contribution in [-0.4, -0.2) is 35.6 Å². The van der Waals surface area contributed by atoms with Crippen LogP contribution in [0.1, 0.15) is 37.8 Å². The smallest absolute Gasteiger partial charge is 0.132 e. The van der Waals surface area contributed by atoms with E-state index in [0.29, 0.717) is 6.04 Å². The van der Waals surface area contributed by atoms with Crippen LogP contribution in [0.2, 0.25) is 0 Å². The van der Waals surface area contributed by atoms with E-state index in [9.17, 15) is 0 Å². The molecule has 1 aromatic heterocycles. The molecule has 98 valence electrons. The Labute approximate surface area is 109 Å². The van der Waals surface area contributed by atoms with Crippen molar-refractivity contribution in [3.8, 4) is 0 Å². The summed E-state index contributed by atoms with van der Waals surface area (Å²) in [5.41, 5.74) is 1.20. The van der Waals surface area contributed by atoms with Gasteiger partial charge in [0.2, 0.25) is 0 Å². The minimum absolute atomic E-state index is 0.704. The SMILES string of the molecule is c1nc(CCC2CCCN2)cc(N2CCCC2)n1. The van der Waals surface area contributed by atoms with Crippen molar-refractivity contribution in [2.75, 3.05) is 24.5 Å². The van der Waals surface area contributed by atoms with Gasteiger partial charge in [-0.2, -0.15) is 0 Å². The summed E-state index contributed by atoms with van der Waals surface area (Å²) in [5.74, 6) is 1.12. The van der Waals surface area contributed by atoms with Crippen molar-refractivity contribution >= 4 is 5.82 Å². The Morgan fingerprint density at radius 1 is 1.22 bits per heavy atom. The molecule has 0 spiro atoms. The highest BCUT2D eigenvalue weighted by molar-refractivity contribution is 5.39. The van der Waals surface area contributed by atoms with E-state index in [1.165, 1.54) is 44.3 Å². The first-order valence-corrected chi connectivity index (χ1v) is 7.21. The number of nitrogens with zero attached hydrogens (tertiary/aromatic N) is 3. The molecule has 1 aromatic rings. The Kier molecular flexibility index (Phi) is 3.74. The lowest BCUT2D eigenvalue weighted by molar-refractivity contribution is 0.555. The second-order valence-corrected chi connectivity index (χ2v) is 5.39. The van der Waals surface area contributed by atoms with Gasteiger partial charge in [0.05, 0.1) is 0 Å². The first kappa shape index (κ1) is 11.9. The van der Waals surface area contributed by atoms with Gasteiger partial charge in [-0.1, -0.05) is 0 Å². The number of nitrogens with one attached hydrogen (secondary N) is 1. The number of hydrogen-bond donors (Lipinski definition) is 1. The number of hydrogen-bond acceptors (Lipinski definition) is 4. The van der Waals surface area contributed by atoms with Crippen LogP contribution in [0.5, 0.6) is 0 Å². The summed E-state index contributed by atoms with van der Waals surface area (Å²) in [6.07, 6.45) is 9.25. The number of anilines is 1. The molecular formula is C14H22N4. The van der Waals surface area contributed by atoms with Gasteiger partial charge in [0, 0.05) is 30.9 Å². The lowest BCUT2D eigenvalue weighted by Crippen LogP contribution is -2.22. The molecule has 0 amide bonds. The number of aryl methyl sites for hydroxylation is 1. The maximum Gasteiger partial charge on any atom is 0.132 e. The van der Waals surface area contributed by atoms with Crippen LogP contribution in [0.3, 0.4) is 0 Å². The van der Waals surface area contributed by atoms with Crippen LogP contribution in [-0.2, 0) is 6.42 Å². The molecule has 0 aromatic carbocycles. The molecule has 1 atom stereocenters. The molecule has 2 saturated heterocycles. The molecule has 3 rings (SSSR count). The summed E-state index contributed by atoms with van der Waals surface area (Å²) in [4.78, 5) is 11.2. The van der Waals surface area contributed by atoms with Gasteiger partial charge >= 0.3 is 0 Å². The molecule has 3 heterocycles. The normalized spacial score (nSPS) is 23.8. The van der Waals surface area contributed by atoms with Crippen molar-refractivity contribution in [2.24, 2.45) is 0 Å². The molecule has 0 bridgehead atoms. The summed E-state index contributed by atoms with van der Waals surface area (Å²) < 4.78 is 0. The molecular weight excluding hydrogens is 224 g/mol. The van der Waals surface area contributed by atoms with Gasteiger partial charge in [-0.15, -0.1) is 0 Å². The minimum atomic E-state index is 0.704. The average molecular weight is 246 g/mol. The number of rotatable bonds is 4. The monoisotopic (exact) mass is 246 g/mol. The van der Waals surface area contributed by atoms with Crippen molar-refractivity contribution in [1.29, 1.82) is 0 Å². The van der Waals surface area contributed by atoms with E-state index in [2.05, 4.69) is 26.3 Å². The Bertz CT molecular complexity index is 381. The van der Waals surface area contributed by atoms with Gasteiger partial charge in [-0.3, -0.25) is 0 Å². The van der Waals surface area contributed by atoms with E-state index >= 15 is 0 Å². The van der Waals surface area contributed by atoms with E-state index in [1.807, 2.05) is 0 Å². The van der Waals surface area contributed by atoms with E-state index in [1.54, 1.807) is 6.33 Å². The quantitative estimate of drug-likeness (QED) is 0.879. The zero-order valence-electron chi connectivity index (χ0n) is 10.9. The molecule has 2 fully saturated rings. The van der Waals surface area contributed by atoms with E-state index < -0.39 is 0 Å². The Hall–Kier alpha value is -1.16. The summed E-state index contributed by atoms with van der Waals surface area (Å²) >= 11 is 0. The molecule has 0 aliphatic carbocycles. The zero-order valence-corrected chi connectivity index (χ0v) is 10.9. The fraction of sp³-hybridized carbons (Fsp3) is 0.714. The van der Waals surface area contributed by atoms with Gasteiger partial charge < -0.3 is 10.2 Å². The highest BCUT2D eigenvalue weighted by Crippen LogP contribution is 2.19. The van der Waals surface area contributed by atoms with Crippen LogP contribution >= 0.6 is 0 Å². The fourth-order valence-corrected chi connectivity index (χ4v) is 2.97. The average Bonchev–Trinajstić information content (AvgIpc) is 3.10. The molecule has 4 nitrogen and oxygen atoms in total. The van der Waals surface area contributed by atoms with Crippen LogP contribution in [0, 0.1) is 0 Å². The predicted molar refractivity (Wildman–Crippen MR) is 72.8 cm³/mol. The third-order valence-electron chi connectivity index (χ3n) is 4.05.